The van der Waals surface area contributed by atoms with Gasteiger partial charge in [0, 0.05) is 6.92 Å². The van der Waals surface area contributed by atoms with Gasteiger partial charge in [-0.25, -0.2) is 4.99 Å². The summed E-state index contributed by atoms with van der Waals surface area (Å²) in [7, 11) is 0. The van der Waals surface area contributed by atoms with Gasteiger partial charge in [-0.2, -0.15) is 0 Å². The van der Waals surface area contributed by atoms with Crippen LogP contribution in [0, 0.1) is 17.3 Å². The van der Waals surface area contributed by atoms with Crippen molar-refractivity contribution in [1.29, 1.82) is 0 Å². The second-order valence-electron chi connectivity index (χ2n) is 6.71. The van der Waals surface area contributed by atoms with Gasteiger partial charge < -0.3 is 15.2 Å². The van der Waals surface area contributed by atoms with Crippen molar-refractivity contribution in [2.45, 2.75) is 67.2 Å². The van der Waals surface area contributed by atoms with Crippen LogP contribution in [0.25, 0.3) is 0 Å². The average molecular weight is 378 g/mol. The molecule has 2 unspecified atom stereocenters. The van der Waals surface area contributed by atoms with E-state index in [2.05, 4.69) is 24.2 Å². The number of ether oxygens (including phenoxy) is 1. The number of amidine groups is 1. The predicted molar refractivity (Wildman–Crippen MR) is 93.5 cm³/mol. The molecule has 2 atom stereocenters. The summed E-state index contributed by atoms with van der Waals surface area (Å²) in [6.07, 6.45) is 2.98. The van der Waals surface area contributed by atoms with E-state index in [1.807, 2.05) is 13.8 Å². The fourth-order valence-corrected chi connectivity index (χ4v) is 2.74. The smallest absolute Gasteiger partial charge is 0.846 e. The largest absolute Gasteiger partial charge is 1.00 e. The van der Waals surface area contributed by atoms with Gasteiger partial charge in [0.25, 0.3) is 5.91 Å². The summed E-state index contributed by atoms with van der Waals surface area (Å²) in [5.74, 6) is -0.766. The molecule has 2 amide bonds. The number of aliphatic imine (C=N–C) groups is 1. The van der Waals surface area contributed by atoms with Crippen LogP contribution >= 0.6 is 0 Å². The van der Waals surface area contributed by atoms with Crippen LogP contribution in [0.3, 0.4) is 0 Å². The van der Waals surface area contributed by atoms with Crippen molar-refractivity contribution >= 4 is 23.8 Å². The Kier molecular flexibility index (Phi) is 13.9. The SMILES string of the molecule is CC(=O)OCCC(C)C.CCCC(C)C1(CC)C(=O)N=C([O-])NC1=O.[Na+]. The van der Waals surface area contributed by atoms with Gasteiger partial charge >= 0.3 is 35.5 Å². The summed E-state index contributed by atoms with van der Waals surface area (Å²) in [4.78, 5) is 37.3. The van der Waals surface area contributed by atoms with Gasteiger partial charge in [0.1, 0.15) is 5.41 Å². The van der Waals surface area contributed by atoms with Crippen LogP contribution in [0.2, 0.25) is 0 Å². The molecule has 0 saturated carbocycles. The Morgan fingerprint density at radius 3 is 2.19 bits per heavy atom. The first-order valence-electron chi connectivity index (χ1n) is 8.86. The maximum absolute atomic E-state index is 11.9. The van der Waals surface area contributed by atoms with E-state index in [1.165, 1.54) is 6.92 Å². The summed E-state index contributed by atoms with van der Waals surface area (Å²) < 4.78 is 4.71. The summed E-state index contributed by atoms with van der Waals surface area (Å²) in [5.41, 5.74) is -1.15. The molecule has 0 aromatic carbocycles. The number of nitrogens with one attached hydrogen (secondary N) is 1. The van der Waals surface area contributed by atoms with Crippen LogP contribution in [0.4, 0.5) is 0 Å². The standard InChI is InChI=1S/C11H18N2O3.C7H14O2.Na/c1-4-6-7(3)11(5-2)8(14)12-10(16)13-9(11)15;1-6(2)4-5-9-7(3)8;/h7H,4-6H2,1-3H3,(H2,12,13,14,15,16);6H,4-5H2,1-3H3;/q;;+1/p-1. The van der Waals surface area contributed by atoms with E-state index in [4.69, 9.17) is 4.74 Å². The monoisotopic (exact) mass is 378 g/mol. The molecule has 1 aliphatic rings. The van der Waals surface area contributed by atoms with E-state index in [0.717, 1.165) is 19.3 Å². The van der Waals surface area contributed by atoms with Crippen LogP contribution in [-0.2, 0) is 19.1 Å². The van der Waals surface area contributed by atoms with Gasteiger partial charge in [0.2, 0.25) is 5.91 Å². The van der Waals surface area contributed by atoms with E-state index < -0.39 is 23.3 Å². The zero-order valence-corrected chi connectivity index (χ0v) is 19.2. The maximum atomic E-state index is 11.9. The molecule has 1 rings (SSSR count). The minimum atomic E-state index is -1.15. The summed E-state index contributed by atoms with van der Waals surface area (Å²) in [6, 6.07) is -0.845. The summed E-state index contributed by atoms with van der Waals surface area (Å²) in [6.45, 7) is 11.8. The maximum Gasteiger partial charge on any atom is 1.00 e. The molecule has 0 bridgehead atoms. The first-order valence-corrected chi connectivity index (χ1v) is 8.86. The number of amides is 2. The van der Waals surface area contributed by atoms with Crippen molar-refractivity contribution in [1.82, 2.24) is 5.32 Å². The van der Waals surface area contributed by atoms with E-state index >= 15 is 0 Å². The Balaban J connectivity index is 0. The second kappa shape index (κ2) is 13.3. The molecule has 0 aromatic heterocycles. The number of esters is 1. The summed E-state index contributed by atoms with van der Waals surface area (Å²) in [5, 5.41) is 13.1. The number of carbonyl (C=O) groups excluding carboxylic acids is 3. The first kappa shape index (κ1) is 27.3. The van der Waals surface area contributed by atoms with Crippen molar-refractivity contribution < 1.29 is 53.8 Å². The minimum absolute atomic E-state index is 0. The van der Waals surface area contributed by atoms with Gasteiger partial charge in [0.05, 0.1) is 12.6 Å². The molecule has 1 N–H and O–H groups in total. The molecule has 0 fully saturated rings. The molecular formula is C18H31N2NaO5. The van der Waals surface area contributed by atoms with Gasteiger partial charge in [0.15, 0.2) is 0 Å². The van der Waals surface area contributed by atoms with E-state index in [1.54, 1.807) is 6.92 Å². The van der Waals surface area contributed by atoms with Crippen LogP contribution < -0.4 is 40.0 Å². The molecule has 0 spiro atoms. The van der Waals surface area contributed by atoms with Crippen LogP contribution in [0.1, 0.15) is 67.2 Å². The molecular weight excluding hydrogens is 347 g/mol. The van der Waals surface area contributed by atoms with Gasteiger partial charge in [-0.05, 0) is 31.1 Å². The predicted octanol–water partition coefficient (Wildman–Crippen LogP) is -1.21. The molecule has 26 heavy (non-hydrogen) atoms. The van der Waals surface area contributed by atoms with E-state index in [9.17, 15) is 19.5 Å². The molecule has 1 aliphatic heterocycles. The Morgan fingerprint density at radius 1 is 1.23 bits per heavy atom. The minimum Gasteiger partial charge on any atom is -0.846 e. The molecule has 0 aromatic rings. The zero-order chi connectivity index (χ0) is 19.6. The third-order valence-electron chi connectivity index (χ3n) is 4.33. The Labute approximate surface area is 178 Å². The number of hydrogen-bond acceptors (Lipinski definition) is 5. The van der Waals surface area contributed by atoms with Gasteiger partial charge in [-0.3, -0.25) is 14.4 Å². The summed E-state index contributed by atoms with van der Waals surface area (Å²) >= 11 is 0. The van der Waals surface area contributed by atoms with Crippen molar-refractivity contribution in [2.24, 2.45) is 22.2 Å². The Morgan fingerprint density at radius 2 is 1.81 bits per heavy atom. The van der Waals surface area contributed by atoms with Crippen molar-refractivity contribution in [3.8, 4) is 0 Å². The molecule has 0 aliphatic carbocycles. The van der Waals surface area contributed by atoms with Gasteiger partial charge in [-0.15, -0.1) is 0 Å². The van der Waals surface area contributed by atoms with Crippen LogP contribution in [-0.4, -0.2) is 30.4 Å². The third kappa shape index (κ3) is 8.18. The number of rotatable bonds is 7. The molecule has 7 nitrogen and oxygen atoms in total. The molecule has 0 saturated heterocycles. The Hall–Kier alpha value is -0.920. The second-order valence-corrected chi connectivity index (χ2v) is 6.71. The molecule has 144 valence electrons. The van der Waals surface area contributed by atoms with Crippen molar-refractivity contribution in [2.75, 3.05) is 6.61 Å². The fraction of sp³-hybridized carbons (Fsp3) is 0.778. The zero-order valence-electron chi connectivity index (χ0n) is 17.2. The van der Waals surface area contributed by atoms with E-state index in [-0.39, 0.29) is 41.4 Å². The average Bonchev–Trinajstić information content (AvgIpc) is 2.47. The fourth-order valence-electron chi connectivity index (χ4n) is 2.74. The van der Waals surface area contributed by atoms with Crippen molar-refractivity contribution in [3.63, 3.8) is 0 Å². The van der Waals surface area contributed by atoms with Crippen LogP contribution in [0.5, 0.6) is 0 Å². The quantitative estimate of drug-likeness (QED) is 0.340. The molecule has 8 heteroatoms. The third-order valence-corrected chi connectivity index (χ3v) is 4.33. The topological polar surface area (TPSA) is 108 Å². The normalized spacial score (nSPS) is 20.2. The first-order chi connectivity index (χ1) is 11.6. The Bertz CT molecular complexity index is 508. The van der Waals surface area contributed by atoms with Gasteiger partial charge in [-0.1, -0.05) is 41.0 Å². The number of carbonyl (C=O) groups is 3. The molecule has 1 heterocycles. The van der Waals surface area contributed by atoms with Crippen LogP contribution in [0.15, 0.2) is 4.99 Å². The number of hydrogen-bond donors (Lipinski definition) is 1. The van der Waals surface area contributed by atoms with Crippen molar-refractivity contribution in [3.05, 3.63) is 0 Å². The number of nitrogens with zero attached hydrogens (tertiary/aromatic N) is 1. The van der Waals surface area contributed by atoms with E-state index in [0.29, 0.717) is 18.9 Å². The molecule has 0 radical (unpaired) electrons.